The largest absolute Gasteiger partial charge is 0.489 e. The van der Waals surface area contributed by atoms with E-state index in [4.69, 9.17) is 9.47 Å². The molecule has 1 N–H and O–H groups in total. The topological polar surface area (TPSA) is 102 Å². The van der Waals surface area contributed by atoms with Crippen molar-refractivity contribution in [1.82, 2.24) is 30.2 Å². The first kappa shape index (κ1) is 23.5. The van der Waals surface area contributed by atoms with Crippen molar-refractivity contribution in [2.45, 2.75) is 51.5 Å². The third-order valence-electron chi connectivity index (χ3n) is 6.42. The SMILES string of the molecule is C[C@H](NC(=O)Cc1cnc(-c2ncc(OCCN3CCOCC3)cn2)nc1)C1CCCCC1. The Balaban J connectivity index is 1.23. The van der Waals surface area contributed by atoms with Crippen LogP contribution in [0, 0.1) is 5.92 Å². The fourth-order valence-corrected chi connectivity index (χ4v) is 4.43. The van der Waals surface area contributed by atoms with E-state index in [1.54, 1.807) is 24.8 Å². The number of nitrogens with one attached hydrogen (secondary N) is 1. The normalized spacial score (nSPS) is 18.6. The molecule has 0 radical (unpaired) electrons. The highest BCUT2D eigenvalue weighted by molar-refractivity contribution is 5.78. The van der Waals surface area contributed by atoms with Crippen molar-refractivity contribution < 1.29 is 14.3 Å². The molecule has 33 heavy (non-hydrogen) atoms. The Hall–Kier alpha value is -2.65. The van der Waals surface area contributed by atoms with Crippen molar-refractivity contribution in [3.8, 4) is 17.4 Å². The fourth-order valence-electron chi connectivity index (χ4n) is 4.43. The van der Waals surface area contributed by atoms with Crippen molar-refractivity contribution in [1.29, 1.82) is 0 Å². The summed E-state index contributed by atoms with van der Waals surface area (Å²) in [5.41, 5.74) is 0.773. The number of carbonyl (C=O) groups excluding carboxylic acids is 1. The molecule has 2 aromatic heterocycles. The van der Waals surface area contributed by atoms with Crippen LogP contribution in [0.5, 0.6) is 5.75 Å². The van der Waals surface area contributed by atoms with Crippen LogP contribution < -0.4 is 10.1 Å². The Morgan fingerprint density at radius 2 is 1.70 bits per heavy atom. The summed E-state index contributed by atoms with van der Waals surface area (Å²) in [4.78, 5) is 32.1. The first-order valence-corrected chi connectivity index (χ1v) is 12.0. The Morgan fingerprint density at radius 3 is 2.36 bits per heavy atom. The van der Waals surface area contributed by atoms with Gasteiger partial charge in [0.15, 0.2) is 17.4 Å². The number of aromatic nitrogens is 4. The lowest BCUT2D eigenvalue weighted by molar-refractivity contribution is -0.121. The van der Waals surface area contributed by atoms with Crippen molar-refractivity contribution in [2.24, 2.45) is 5.92 Å². The smallest absolute Gasteiger partial charge is 0.224 e. The van der Waals surface area contributed by atoms with Gasteiger partial charge >= 0.3 is 0 Å². The molecule has 2 aromatic rings. The molecule has 1 saturated carbocycles. The molecular formula is C24H34N6O3. The molecule has 1 saturated heterocycles. The van der Waals surface area contributed by atoms with Gasteiger partial charge < -0.3 is 14.8 Å². The number of ether oxygens (including phenoxy) is 2. The quantitative estimate of drug-likeness (QED) is 0.616. The van der Waals surface area contributed by atoms with Crippen molar-refractivity contribution in [2.75, 3.05) is 39.5 Å². The van der Waals surface area contributed by atoms with Crippen molar-refractivity contribution >= 4 is 5.91 Å². The van der Waals surface area contributed by atoms with Gasteiger partial charge in [-0.15, -0.1) is 0 Å². The zero-order valence-electron chi connectivity index (χ0n) is 19.4. The number of hydrogen-bond donors (Lipinski definition) is 1. The zero-order chi connectivity index (χ0) is 22.9. The van der Waals surface area contributed by atoms with E-state index in [0.29, 0.717) is 29.9 Å². The minimum absolute atomic E-state index is 0.0132. The molecule has 0 spiro atoms. The maximum Gasteiger partial charge on any atom is 0.224 e. The van der Waals surface area contributed by atoms with Crippen molar-refractivity contribution in [3.05, 3.63) is 30.4 Å². The molecule has 1 atom stereocenters. The van der Waals surface area contributed by atoms with Gasteiger partial charge in [0, 0.05) is 38.1 Å². The predicted molar refractivity (Wildman–Crippen MR) is 124 cm³/mol. The maximum absolute atomic E-state index is 12.4. The van der Waals surface area contributed by atoms with Crippen LogP contribution in [0.15, 0.2) is 24.8 Å². The zero-order valence-corrected chi connectivity index (χ0v) is 19.4. The van der Waals surface area contributed by atoms with Crippen LogP contribution in [0.25, 0.3) is 11.6 Å². The first-order chi connectivity index (χ1) is 16.2. The lowest BCUT2D eigenvalue weighted by Gasteiger charge is -2.28. The summed E-state index contributed by atoms with van der Waals surface area (Å²) in [5.74, 6) is 2.07. The molecule has 2 fully saturated rings. The molecule has 0 aromatic carbocycles. The summed E-state index contributed by atoms with van der Waals surface area (Å²) in [5, 5.41) is 3.15. The van der Waals surface area contributed by atoms with E-state index in [1.165, 1.54) is 32.1 Å². The molecule has 178 valence electrons. The van der Waals surface area contributed by atoms with Crippen LogP contribution in [-0.2, 0) is 16.0 Å². The number of amides is 1. The Bertz CT molecular complexity index is 865. The monoisotopic (exact) mass is 454 g/mol. The molecule has 1 aliphatic carbocycles. The van der Waals surface area contributed by atoms with E-state index in [-0.39, 0.29) is 18.4 Å². The minimum atomic E-state index is 0.0132. The van der Waals surface area contributed by atoms with E-state index in [2.05, 4.69) is 37.1 Å². The molecule has 9 nitrogen and oxygen atoms in total. The maximum atomic E-state index is 12.4. The molecule has 0 bridgehead atoms. The molecule has 1 amide bonds. The summed E-state index contributed by atoms with van der Waals surface area (Å²) in [7, 11) is 0. The summed E-state index contributed by atoms with van der Waals surface area (Å²) >= 11 is 0. The highest BCUT2D eigenvalue weighted by atomic mass is 16.5. The molecule has 0 unspecified atom stereocenters. The van der Waals surface area contributed by atoms with Crippen LogP contribution in [0.1, 0.15) is 44.6 Å². The van der Waals surface area contributed by atoms with Gasteiger partial charge in [0.1, 0.15) is 6.61 Å². The average molecular weight is 455 g/mol. The van der Waals surface area contributed by atoms with Gasteiger partial charge in [-0.3, -0.25) is 9.69 Å². The minimum Gasteiger partial charge on any atom is -0.489 e. The van der Waals surface area contributed by atoms with Crippen LogP contribution in [0.2, 0.25) is 0 Å². The molecule has 1 aliphatic heterocycles. The predicted octanol–water partition coefficient (Wildman–Crippen LogP) is 2.27. The second kappa shape index (κ2) is 12.0. The average Bonchev–Trinajstić information content (AvgIpc) is 2.86. The highest BCUT2D eigenvalue weighted by Gasteiger charge is 2.21. The van der Waals surface area contributed by atoms with Gasteiger partial charge in [0.25, 0.3) is 0 Å². The molecule has 4 rings (SSSR count). The van der Waals surface area contributed by atoms with Crippen LogP contribution in [0.4, 0.5) is 0 Å². The number of hydrogen-bond acceptors (Lipinski definition) is 8. The highest BCUT2D eigenvalue weighted by Crippen LogP contribution is 2.26. The molecular weight excluding hydrogens is 420 g/mol. The standard InChI is InChI=1S/C24H34N6O3/c1-18(20-5-3-2-4-6-20)29-22(31)13-19-14-25-23(26-15-19)24-27-16-21(17-28-24)33-12-9-30-7-10-32-11-8-30/h14-18,20H,2-13H2,1H3,(H,29,31)/t18-/m0/s1. The van der Waals surface area contributed by atoms with Gasteiger partial charge in [-0.1, -0.05) is 19.3 Å². The Labute approximate surface area is 195 Å². The van der Waals surface area contributed by atoms with Crippen LogP contribution in [0.3, 0.4) is 0 Å². The third-order valence-corrected chi connectivity index (χ3v) is 6.42. The second-order valence-electron chi connectivity index (χ2n) is 8.89. The Morgan fingerprint density at radius 1 is 1.06 bits per heavy atom. The number of morpholine rings is 1. The van der Waals surface area contributed by atoms with E-state index >= 15 is 0 Å². The Kier molecular flexibility index (Phi) is 8.54. The van der Waals surface area contributed by atoms with E-state index < -0.39 is 0 Å². The lowest BCUT2D eigenvalue weighted by Crippen LogP contribution is -2.39. The second-order valence-corrected chi connectivity index (χ2v) is 8.89. The lowest BCUT2D eigenvalue weighted by atomic mass is 9.84. The number of rotatable bonds is 9. The van der Waals surface area contributed by atoms with E-state index in [1.807, 2.05) is 0 Å². The number of carbonyl (C=O) groups is 1. The summed E-state index contributed by atoms with van der Waals surface area (Å²) in [6.45, 7) is 6.97. The van der Waals surface area contributed by atoms with Gasteiger partial charge in [0.2, 0.25) is 5.91 Å². The van der Waals surface area contributed by atoms with E-state index in [0.717, 1.165) is 38.4 Å². The van der Waals surface area contributed by atoms with Gasteiger partial charge in [-0.05, 0) is 31.2 Å². The van der Waals surface area contributed by atoms with Crippen LogP contribution in [-0.4, -0.2) is 76.2 Å². The van der Waals surface area contributed by atoms with Gasteiger partial charge in [-0.2, -0.15) is 0 Å². The molecule has 3 heterocycles. The summed E-state index contributed by atoms with van der Waals surface area (Å²) in [6, 6.07) is 0.209. The van der Waals surface area contributed by atoms with Gasteiger partial charge in [-0.25, -0.2) is 19.9 Å². The van der Waals surface area contributed by atoms with Gasteiger partial charge in [0.05, 0.1) is 32.0 Å². The summed E-state index contributed by atoms with van der Waals surface area (Å²) in [6.07, 6.45) is 13.1. The summed E-state index contributed by atoms with van der Waals surface area (Å²) < 4.78 is 11.1. The third kappa shape index (κ3) is 7.17. The van der Waals surface area contributed by atoms with Crippen LogP contribution >= 0.6 is 0 Å². The first-order valence-electron chi connectivity index (χ1n) is 12.0. The number of nitrogens with zero attached hydrogens (tertiary/aromatic N) is 5. The van der Waals surface area contributed by atoms with E-state index in [9.17, 15) is 4.79 Å². The molecule has 2 aliphatic rings. The molecule has 9 heteroatoms. The van der Waals surface area contributed by atoms with Crippen molar-refractivity contribution in [3.63, 3.8) is 0 Å². The fraction of sp³-hybridized carbons (Fsp3) is 0.625.